The molecule has 4 aliphatic heterocycles. The van der Waals surface area contributed by atoms with Gasteiger partial charge in [0.1, 0.15) is 0 Å². The zero-order chi connectivity index (χ0) is 13.7. The molecule has 5 atom stereocenters. The van der Waals surface area contributed by atoms with Crippen LogP contribution in [0.25, 0.3) is 0 Å². The number of hydrogen-bond donors (Lipinski definition) is 1. The fourth-order valence-corrected chi connectivity index (χ4v) is 5.51. The average molecular weight is 277 g/mol. The highest BCUT2D eigenvalue weighted by Gasteiger charge is 2.51. The maximum atomic E-state index is 12.5. The topological polar surface area (TPSA) is 35.6 Å². The van der Waals surface area contributed by atoms with Gasteiger partial charge in [-0.05, 0) is 64.1 Å². The van der Waals surface area contributed by atoms with Crippen molar-refractivity contribution in [2.45, 2.75) is 56.7 Å². The van der Waals surface area contributed by atoms with E-state index in [0.717, 1.165) is 24.4 Å². The number of carbonyl (C=O) groups excluding carboxylic acids is 1. The molecule has 112 valence electrons. The lowest BCUT2D eigenvalue weighted by atomic mass is 9.67. The highest BCUT2D eigenvalue weighted by molar-refractivity contribution is 5.78. The van der Waals surface area contributed by atoms with Gasteiger partial charge in [0, 0.05) is 31.1 Å². The van der Waals surface area contributed by atoms with Gasteiger partial charge in [0.05, 0.1) is 0 Å². The Morgan fingerprint density at radius 1 is 1.20 bits per heavy atom. The van der Waals surface area contributed by atoms with Gasteiger partial charge >= 0.3 is 0 Å². The zero-order valence-corrected chi connectivity index (χ0v) is 12.6. The molecule has 4 aliphatic rings. The van der Waals surface area contributed by atoms with Crippen molar-refractivity contribution in [1.29, 1.82) is 0 Å². The Morgan fingerprint density at radius 3 is 2.80 bits per heavy atom. The van der Waals surface area contributed by atoms with E-state index in [1.54, 1.807) is 0 Å². The summed E-state index contributed by atoms with van der Waals surface area (Å²) in [7, 11) is 2.01. The molecule has 4 fully saturated rings. The molecule has 0 spiro atoms. The molecule has 20 heavy (non-hydrogen) atoms. The van der Waals surface area contributed by atoms with E-state index >= 15 is 0 Å². The molecule has 0 aromatic rings. The molecule has 0 aliphatic carbocycles. The molecule has 1 N–H and O–H groups in total. The van der Waals surface area contributed by atoms with Crippen LogP contribution in [0.15, 0.2) is 0 Å². The fourth-order valence-electron chi connectivity index (χ4n) is 5.51. The molecule has 0 aromatic heterocycles. The molecule has 1 unspecified atom stereocenters. The van der Waals surface area contributed by atoms with E-state index in [1.165, 1.54) is 45.2 Å². The Labute approximate surface area is 121 Å². The van der Waals surface area contributed by atoms with Crippen LogP contribution < -0.4 is 5.32 Å². The summed E-state index contributed by atoms with van der Waals surface area (Å²) in [4.78, 5) is 17.5. The monoisotopic (exact) mass is 277 g/mol. The van der Waals surface area contributed by atoms with Crippen molar-refractivity contribution in [3.63, 3.8) is 0 Å². The van der Waals surface area contributed by atoms with Crippen LogP contribution in [0.2, 0.25) is 0 Å². The quantitative estimate of drug-likeness (QED) is 0.779. The van der Waals surface area contributed by atoms with E-state index in [2.05, 4.69) is 15.1 Å². The Bertz CT molecular complexity index is 397. The van der Waals surface area contributed by atoms with Gasteiger partial charge in [-0.2, -0.15) is 0 Å². The van der Waals surface area contributed by atoms with Gasteiger partial charge in [0.15, 0.2) is 0 Å². The van der Waals surface area contributed by atoms with Crippen molar-refractivity contribution in [2.24, 2.45) is 11.8 Å². The first-order valence-electron chi connectivity index (χ1n) is 8.48. The fraction of sp³-hybridized carbons (Fsp3) is 0.938. The van der Waals surface area contributed by atoms with Gasteiger partial charge < -0.3 is 10.2 Å². The summed E-state index contributed by atoms with van der Waals surface area (Å²) in [5.74, 6) is 1.89. The summed E-state index contributed by atoms with van der Waals surface area (Å²) < 4.78 is 0. The van der Waals surface area contributed by atoms with Crippen LogP contribution in [0.5, 0.6) is 0 Å². The van der Waals surface area contributed by atoms with Gasteiger partial charge in [-0.3, -0.25) is 9.69 Å². The van der Waals surface area contributed by atoms with E-state index in [9.17, 15) is 4.79 Å². The lowest BCUT2D eigenvalue weighted by Crippen LogP contribution is -2.68. The third kappa shape index (κ3) is 1.92. The minimum Gasteiger partial charge on any atom is -0.339 e. The summed E-state index contributed by atoms with van der Waals surface area (Å²) in [6.07, 6.45) is 7.22. The van der Waals surface area contributed by atoms with Gasteiger partial charge in [-0.25, -0.2) is 0 Å². The number of carbonyl (C=O) groups is 1. The maximum absolute atomic E-state index is 12.5. The number of nitrogens with zero attached hydrogens (tertiary/aromatic N) is 2. The van der Waals surface area contributed by atoms with Crippen molar-refractivity contribution in [3.8, 4) is 0 Å². The first-order chi connectivity index (χ1) is 9.78. The van der Waals surface area contributed by atoms with Crippen LogP contribution in [0.4, 0.5) is 0 Å². The van der Waals surface area contributed by atoms with E-state index in [4.69, 9.17) is 0 Å². The Morgan fingerprint density at radius 2 is 2.00 bits per heavy atom. The molecule has 0 aromatic carbocycles. The SMILES string of the molecule is CNC1CC(=O)N2C[C@@H]3CCCN4CCC[C@@H]([C@H]34)[C@H]2C1. The summed E-state index contributed by atoms with van der Waals surface area (Å²) in [6.45, 7) is 3.64. The predicted octanol–water partition coefficient (Wildman–Crippen LogP) is 1.07. The van der Waals surface area contributed by atoms with Gasteiger partial charge in [0.25, 0.3) is 0 Å². The maximum Gasteiger partial charge on any atom is 0.224 e. The second kappa shape index (κ2) is 4.99. The number of fused-ring (bicyclic) bond motifs is 2. The molecule has 4 rings (SSSR count). The van der Waals surface area contributed by atoms with Crippen LogP contribution in [-0.4, -0.2) is 60.5 Å². The van der Waals surface area contributed by atoms with Crippen molar-refractivity contribution in [3.05, 3.63) is 0 Å². The number of amides is 1. The first-order valence-corrected chi connectivity index (χ1v) is 8.48. The van der Waals surface area contributed by atoms with Gasteiger partial charge in [-0.1, -0.05) is 0 Å². The van der Waals surface area contributed by atoms with Gasteiger partial charge in [-0.15, -0.1) is 0 Å². The van der Waals surface area contributed by atoms with Crippen LogP contribution in [0.3, 0.4) is 0 Å². The second-order valence-corrected chi connectivity index (χ2v) is 7.27. The van der Waals surface area contributed by atoms with E-state index in [-0.39, 0.29) is 0 Å². The predicted molar refractivity (Wildman–Crippen MR) is 78.4 cm³/mol. The third-order valence-electron chi connectivity index (χ3n) is 6.35. The van der Waals surface area contributed by atoms with Crippen LogP contribution in [0.1, 0.15) is 38.5 Å². The lowest BCUT2D eigenvalue weighted by molar-refractivity contribution is -0.152. The number of nitrogens with one attached hydrogen (secondary N) is 1. The van der Waals surface area contributed by atoms with E-state index in [1.807, 2.05) is 7.05 Å². The molecule has 4 heteroatoms. The number of hydrogen-bond acceptors (Lipinski definition) is 3. The molecule has 0 saturated carbocycles. The minimum absolute atomic E-state index is 0.402. The zero-order valence-electron chi connectivity index (χ0n) is 12.6. The molecule has 4 nitrogen and oxygen atoms in total. The Hall–Kier alpha value is -0.610. The summed E-state index contributed by atoms with van der Waals surface area (Å²) >= 11 is 0. The molecule has 4 heterocycles. The van der Waals surface area contributed by atoms with E-state index in [0.29, 0.717) is 24.4 Å². The van der Waals surface area contributed by atoms with Crippen LogP contribution in [-0.2, 0) is 4.79 Å². The highest BCUT2D eigenvalue weighted by atomic mass is 16.2. The first kappa shape index (κ1) is 13.1. The highest BCUT2D eigenvalue weighted by Crippen LogP contribution is 2.44. The van der Waals surface area contributed by atoms with Gasteiger partial charge in [0.2, 0.25) is 5.91 Å². The average Bonchev–Trinajstić information content (AvgIpc) is 2.48. The van der Waals surface area contributed by atoms with Crippen molar-refractivity contribution < 1.29 is 4.79 Å². The van der Waals surface area contributed by atoms with Crippen molar-refractivity contribution in [2.75, 3.05) is 26.7 Å². The Kier molecular flexibility index (Phi) is 3.26. The number of rotatable bonds is 1. The molecular weight excluding hydrogens is 250 g/mol. The Balaban J connectivity index is 1.63. The smallest absolute Gasteiger partial charge is 0.224 e. The normalized spacial score (nSPS) is 45.0. The molecular formula is C16H27N3O. The van der Waals surface area contributed by atoms with Crippen LogP contribution >= 0.6 is 0 Å². The minimum atomic E-state index is 0.402. The lowest BCUT2D eigenvalue weighted by Gasteiger charge is -2.59. The standard InChI is InChI=1S/C16H27N3O/c1-17-12-8-14-13-5-3-7-18-6-2-4-11(16(13)18)10-19(14)15(20)9-12/h11-14,16-17H,2-10H2,1H3/t11-,12?,13+,14+,16-/m0/s1. The summed E-state index contributed by atoms with van der Waals surface area (Å²) in [6, 6.07) is 1.69. The number of piperidine rings is 4. The van der Waals surface area contributed by atoms with Crippen molar-refractivity contribution >= 4 is 5.91 Å². The third-order valence-corrected chi connectivity index (χ3v) is 6.35. The molecule has 4 saturated heterocycles. The second-order valence-electron chi connectivity index (χ2n) is 7.27. The molecule has 1 amide bonds. The van der Waals surface area contributed by atoms with Crippen LogP contribution in [0, 0.1) is 11.8 Å². The summed E-state index contributed by atoms with van der Waals surface area (Å²) in [5, 5.41) is 3.35. The molecule has 0 bridgehead atoms. The van der Waals surface area contributed by atoms with Crippen molar-refractivity contribution in [1.82, 2.24) is 15.1 Å². The summed E-state index contributed by atoms with van der Waals surface area (Å²) in [5.41, 5.74) is 0. The van der Waals surface area contributed by atoms with E-state index < -0.39 is 0 Å². The largest absolute Gasteiger partial charge is 0.339 e. The molecule has 0 radical (unpaired) electrons.